The summed E-state index contributed by atoms with van der Waals surface area (Å²) < 4.78 is 10.5. The number of carbonyl (C=O) groups excluding carboxylic acids is 2. The van der Waals surface area contributed by atoms with E-state index in [2.05, 4.69) is 150 Å². The minimum Gasteiger partial charge on any atom is -0.383 e. The first-order valence-corrected chi connectivity index (χ1v) is 19.3. The van der Waals surface area contributed by atoms with Crippen LogP contribution in [0.1, 0.15) is 82.1 Å². The fourth-order valence-corrected chi connectivity index (χ4v) is 7.12. The zero-order chi connectivity index (χ0) is 40.6. The number of hydrogen-bond acceptors (Lipinski definition) is 6. The molecule has 0 amide bonds. The van der Waals surface area contributed by atoms with Crippen LogP contribution < -0.4 is 0 Å². The topological polar surface area (TPSA) is 59.1 Å². The summed E-state index contributed by atoms with van der Waals surface area (Å²) in [5.41, 5.74) is 8.28. The van der Waals surface area contributed by atoms with Gasteiger partial charge in [-0.05, 0) is 102 Å². The lowest BCUT2D eigenvalue weighted by molar-refractivity contribution is -0.123. The van der Waals surface area contributed by atoms with E-state index in [9.17, 15) is 9.59 Å². The summed E-state index contributed by atoms with van der Waals surface area (Å²) in [6.45, 7) is 23.9. The molecule has 0 N–H and O–H groups in total. The molecule has 54 heavy (non-hydrogen) atoms. The van der Waals surface area contributed by atoms with E-state index in [-0.39, 0.29) is 34.5 Å². The SMILES string of the molecule is COCCN(C)C1CC(C)(C)C(/C=C/C(C)=C/C=C/C(C)=C/C=C/C=C(C)/C=C/C=C(C)/C=C/C2=C(C)C(=O)C(N(C)CCOC)CC2(C)C)=C(C)C1=O. The lowest BCUT2D eigenvalue weighted by Gasteiger charge is -2.40. The molecule has 0 heterocycles. The monoisotopic (exact) mass is 739 g/mol. The van der Waals surface area contributed by atoms with E-state index in [0.29, 0.717) is 13.2 Å². The van der Waals surface area contributed by atoms with E-state index in [1.807, 2.05) is 27.9 Å². The second-order valence-electron chi connectivity index (χ2n) is 16.4. The number of carbonyl (C=O) groups is 2. The van der Waals surface area contributed by atoms with Crippen LogP contribution in [0, 0.1) is 10.8 Å². The normalized spacial score (nSPS) is 22.4. The highest BCUT2D eigenvalue weighted by atomic mass is 16.5. The number of Topliss-reactive ketones (excluding diaryl/α,β-unsaturated/α-hetero) is 2. The summed E-state index contributed by atoms with van der Waals surface area (Å²) >= 11 is 0. The predicted octanol–water partition coefficient (Wildman–Crippen LogP) is 10.1. The van der Waals surface area contributed by atoms with Crippen LogP contribution in [0.15, 0.2) is 130 Å². The van der Waals surface area contributed by atoms with E-state index < -0.39 is 0 Å². The van der Waals surface area contributed by atoms with Gasteiger partial charge in [-0.15, -0.1) is 0 Å². The van der Waals surface area contributed by atoms with Gasteiger partial charge in [-0.3, -0.25) is 19.4 Å². The third kappa shape index (κ3) is 14.2. The number of rotatable bonds is 18. The van der Waals surface area contributed by atoms with Gasteiger partial charge in [-0.1, -0.05) is 135 Å². The van der Waals surface area contributed by atoms with Gasteiger partial charge in [0.1, 0.15) is 0 Å². The Balaban J connectivity index is 1.98. The van der Waals surface area contributed by atoms with Crippen molar-refractivity contribution in [2.45, 2.75) is 94.2 Å². The van der Waals surface area contributed by atoms with Crippen LogP contribution in [0.3, 0.4) is 0 Å². The molecule has 2 rings (SSSR count). The van der Waals surface area contributed by atoms with Gasteiger partial charge in [-0.25, -0.2) is 0 Å². The molecule has 296 valence electrons. The second-order valence-corrected chi connectivity index (χ2v) is 16.4. The quantitative estimate of drug-likeness (QED) is 0.131. The first kappa shape index (κ1) is 46.5. The Morgan fingerprint density at radius 1 is 0.593 bits per heavy atom. The number of ether oxygens (including phenoxy) is 2. The molecule has 6 heteroatoms. The van der Waals surface area contributed by atoms with Gasteiger partial charge in [0.15, 0.2) is 11.6 Å². The van der Waals surface area contributed by atoms with Gasteiger partial charge in [0, 0.05) is 27.3 Å². The average Bonchev–Trinajstić information content (AvgIpc) is 3.10. The molecule has 0 fully saturated rings. The van der Waals surface area contributed by atoms with Gasteiger partial charge in [-0.2, -0.15) is 0 Å². The van der Waals surface area contributed by atoms with Gasteiger partial charge in [0.05, 0.1) is 25.3 Å². The maximum atomic E-state index is 13.2. The smallest absolute Gasteiger partial charge is 0.175 e. The van der Waals surface area contributed by atoms with Crippen LogP contribution in [0.5, 0.6) is 0 Å². The molecule has 2 aliphatic carbocycles. The number of likely N-dealkylation sites (N-methyl/N-ethyl adjacent to an activating group) is 2. The van der Waals surface area contributed by atoms with Gasteiger partial charge in [0.25, 0.3) is 0 Å². The third-order valence-electron chi connectivity index (χ3n) is 10.7. The van der Waals surface area contributed by atoms with Gasteiger partial charge in [0.2, 0.25) is 0 Å². The molecule has 0 aromatic heterocycles. The number of allylic oxidation sites excluding steroid dienone is 20. The van der Waals surface area contributed by atoms with Crippen molar-refractivity contribution in [1.82, 2.24) is 9.80 Å². The molecule has 0 bridgehead atoms. The molecular weight excluding hydrogens is 669 g/mol. The van der Waals surface area contributed by atoms with Crippen molar-refractivity contribution in [3.05, 3.63) is 130 Å². The summed E-state index contributed by atoms with van der Waals surface area (Å²) in [6.07, 6.45) is 30.9. The maximum absolute atomic E-state index is 13.2. The molecule has 6 nitrogen and oxygen atoms in total. The van der Waals surface area contributed by atoms with Gasteiger partial charge < -0.3 is 9.47 Å². The second kappa shape index (κ2) is 22.0. The Morgan fingerprint density at radius 3 is 1.24 bits per heavy atom. The van der Waals surface area contributed by atoms with Crippen molar-refractivity contribution in [2.24, 2.45) is 10.8 Å². The van der Waals surface area contributed by atoms with Crippen LogP contribution in [0.4, 0.5) is 0 Å². The molecule has 0 aromatic rings. The standard InChI is InChI=1S/C48H70N2O4/c1-35(21-17-23-37(3)25-27-41-39(5)45(51)43(33-47(41,7)8)49(11)29-31-53-13)19-15-16-20-36(2)22-18-24-38(4)26-28-42-40(6)46(52)44(34-48(42,9)10)50(12)30-32-54-14/h15-28,43-44H,29-34H2,1-14H3/b16-15+,21-17+,22-18+,27-25+,28-26+,35-19+,36-20+,37-23+,38-24+. The molecule has 0 saturated heterocycles. The predicted molar refractivity (Wildman–Crippen MR) is 230 cm³/mol. The summed E-state index contributed by atoms with van der Waals surface area (Å²) in [5.74, 6) is 0.423. The molecule has 0 aromatic carbocycles. The molecule has 0 radical (unpaired) electrons. The van der Waals surface area contributed by atoms with E-state index in [1.54, 1.807) is 14.2 Å². The summed E-state index contributed by atoms with van der Waals surface area (Å²) in [7, 11) is 7.41. The number of nitrogens with zero attached hydrogens (tertiary/aromatic N) is 2. The van der Waals surface area contributed by atoms with Crippen molar-refractivity contribution >= 4 is 11.6 Å². The minimum absolute atomic E-state index is 0.0990. The molecule has 0 spiro atoms. The van der Waals surface area contributed by atoms with Crippen LogP contribution in [-0.4, -0.2) is 88.1 Å². The lowest BCUT2D eigenvalue weighted by Crippen LogP contribution is -2.47. The zero-order valence-corrected chi connectivity index (χ0v) is 36.0. The number of hydrogen-bond donors (Lipinski definition) is 0. The Bertz CT molecular complexity index is 1540. The fourth-order valence-electron chi connectivity index (χ4n) is 7.12. The summed E-state index contributed by atoms with van der Waals surface area (Å²) in [5, 5.41) is 0. The fraction of sp³-hybridized carbons (Fsp3) is 0.500. The molecule has 2 atom stereocenters. The van der Waals surface area contributed by atoms with E-state index in [1.165, 1.54) is 0 Å². The van der Waals surface area contributed by atoms with E-state index in [0.717, 1.165) is 70.5 Å². The van der Waals surface area contributed by atoms with Crippen LogP contribution in [-0.2, 0) is 19.1 Å². The largest absolute Gasteiger partial charge is 0.383 e. The Kier molecular flexibility index (Phi) is 18.9. The van der Waals surface area contributed by atoms with Crippen molar-refractivity contribution in [3.63, 3.8) is 0 Å². The first-order chi connectivity index (χ1) is 25.4. The van der Waals surface area contributed by atoms with Gasteiger partial charge >= 0.3 is 0 Å². The Hall–Kier alpha value is -3.68. The van der Waals surface area contributed by atoms with Crippen LogP contribution in [0.2, 0.25) is 0 Å². The highest BCUT2D eigenvalue weighted by molar-refractivity contribution is 6.02. The number of methoxy groups -OCH3 is 2. The molecule has 0 aliphatic heterocycles. The van der Waals surface area contributed by atoms with Crippen molar-refractivity contribution in [3.8, 4) is 0 Å². The lowest BCUT2D eigenvalue weighted by atomic mass is 9.69. The summed E-state index contributed by atoms with van der Waals surface area (Å²) in [4.78, 5) is 30.7. The van der Waals surface area contributed by atoms with Crippen LogP contribution in [0.25, 0.3) is 0 Å². The highest BCUT2D eigenvalue weighted by Gasteiger charge is 2.40. The summed E-state index contributed by atoms with van der Waals surface area (Å²) in [6, 6.07) is -0.227. The highest BCUT2D eigenvalue weighted by Crippen LogP contribution is 2.42. The van der Waals surface area contributed by atoms with Crippen molar-refractivity contribution < 1.29 is 19.1 Å². The van der Waals surface area contributed by atoms with E-state index in [4.69, 9.17) is 9.47 Å². The first-order valence-electron chi connectivity index (χ1n) is 19.3. The zero-order valence-electron chi connectivity index (χ0n) is 36.0. The van der Waals surface area contributed by atoms with E-state index >= 15 is 0 Å². The molecule has 0 saturated carbocycles. The Morgan fingerprint density at radius 2 is 0.907 bits per heavy atom. The van der Waals surface area contributed by atoms with Crippen molar-refractivity contribution in [1.29, 1.82) is 0 Å². The van der Waals surface area contributed by atoms with Crippen LogP contribution >= 0.6 is 0 Å². The number of ketones is 2. The Labute approximate surface area is 328 Å². The van der Waals surface area contributed by atoms with Crippen molar-refractivity contribution in [2.75, 3.05) is 54.6 Å². The molecule has 2 aliphatic rings. The maximum Gasteiger partial charge on any atom is 0.175 e. The molecule has 2 unspecified atom stereocenters. The molecular formula is C48H70N2O4. The average molecular weight is 739 g/mol. The minimum atomic E-state index is -0.114. The third-order valence-corrected chi connectivity index (χ3v) is 10.7.